The Hall–Kier alpha value is -3.07. The maximum Gasteiger partial charge on any atom is 0.416 e. The monoisotopic (exact) mass is 422 g/mol. The van der Waals surface area contributed by atoms with Crippen LogP contribution in [0.1, 0.15) is 17.4 Å². The van der Waals surface area contributed by atoms with Gasteiger partial charge in [0.15, 0.2) is 0 Å². The zero-order chi connectivity index (χ0) is 20.6. The summed E-state index contributed by atoms with van der Waals surface area (Å²) in [6.07, 6.45) is -4.47. The third kappa shape index (κ3) is 4.19. The van der Waals surface area contributed by atoms with Crippen molar-refractivity contribution in [3.63, 3.8) is 0 Å². The Bertz CT molecular complexity index is 1050. The van der Waals surface area contributed by atoms with Gasteiger partial charge in [0.05, 0.1) is 11.5 Å². The average molecular weight is 423 g/mol. The molecule has 0 aliphatic carbocycles. The quantitative estimate of drug-likeness (QED) is 0.642. The van der Waals surface area contributed by atoms with Gasteiger partial charge < -0.3 is 14.7 Å². The van der Waals surface area contributed by atoms with Crippen LogP contribution in [0.25, 0.3) is 11.4 Å². The molecule has 0 saturated carbocycles. The van der Waals surface area contributed by atoms with E-state index in [0.29, 0.717) is 35.4 Å². The molecule has 0 unspecified atom stereocenters. The van der Waals surface area contributed by atoms with Crippen molar-refractivity contribution in [2.45, 2.75) is 12.1 Å². The van der Waals surface area contributed by atoms with Gasteiger partial charge in [0.25, 0.3) is 0 Å². The van der Waals surface area contributed by atoms with Crippen molar-refractivity contribution >= 4 is 23.3 Å². The van der Waals surface area contributed by atoms with E-state index in [1.807, 2.05) is 0 Å². The predicted octanol–water partition coefficient (Wildman–Crippen LogP) is 5.04. The number of anilines is 1. The zero-order valence-electron chi connectivity index (χ0n) is 14.8. The molecule has 0 atom stereocenters. The molecular formula is C19H14ClF3N4O2. The van der Waals surface area contributed by atoms with Gasteiger partial charge in [0.2, 0.25) is 11.7 Å². The number of nitrogens with one attached hydrogen (secondary N) is 1. The van der Waals surface area contributed by atoms with Crippen LogP contribution in [0.4, 0.5) is 23.7 Å². The lowest BCUT2D eigenvalue weighted by molar-refractivity contribution is -0.137. The number of nitrogens with zero attached hydrogens (tertiary/aromatic N) is 3. The Morgan fingerprint density at radius 2 is 1.93 bits per heavy atom. The van der Waals surface area contributed by atoms with Crippen molar-refractivity contribution in [2.24, 2.45) is 0 Å². The number of hydrogen-bond acceptors (Lipinski definition) is 4. The first-order chi connectivity index (χ1) is 13.8. The van der Waals surface area contributed by atoms with Crippen LogP contribution in [0, 0.1) is 0 Å². The minimum atomic E-state index is -4.47. The van der Waals surface area contributed by atoms with E-state index < -0.39 is 17.8 Å². The van der Waals surface area contributed by atoms with Crippen molar-refractivity contribution in [3.8, 4) is 11.4 Å². The summed E-state index contributed by atoms with van der Waals surface area (Å²) in [7, 11) is 0. The van der Waals surface area contributed by atoms with E-state index in [2.05, 4.69) is 15.5 Å². The number of carbonyl (C=O) groups excluding carboxylic acids is 1. The molecule has 2 amide bonds. The Balaban J connectivity index is 1.36. The number of alkyl halides is 3. The molecule has 1 fully saturated rings. The summed E-state index contributed by atoms with van der Waals surface area (Å²) in [5.41, 5.74) is -0.0310. The molecule has 6 nitrogen and oxygen atoms in total. The van der Waals surface area contributed by atoms with Crippen molar-refractivity contribution in [1.29, 1.82) is 0 Å². The lowest BCUT2D eigenvalue weighted by atomic mass is 10.0. The third-order valence-electron chi connectivity index (χ3n) is 4.48. The van der Waals surface area contributed by atoms with E-state index in [-0.39, 0.29) is 11.6 Å². The Labute approximate surface area is 168 Å². The number of urea groups is 1. The fourth-order valence-electron chi connectivity index (χ4n) is 2.92. The lowest BCUT2D eigenvalue weighted by Gasteiger charge is -2.36. The standard InChI is InChI=1S/C19H14ClF3N4O2/c20-14-5-1-3-11(7-14)16-25-17(29-26-16)12-9-27(10-12)18(28)24-15-6-2-4-13(8-15)19(21,22)23/h1-8,12H,9-10H2,(H,24,28). The molecule has 0 bridgehead atoms. The molecule has 3 aromatic rings. The summed E-state index contributed by atoms with van der Waals surface area (Å²) in [4.78, 5) is 18.0. The second-order valence-electron chi connectivity index (χ2n) is 6.58. The summed E-state index contributed by atoms with van der Waals surface area (Å²) >= 11 is 5.96. The molecule has 1 aliphatic heterocycles. The molecular weight excluding hydrogens is 409 g/mol. The number of aromatic nitrogens is 2. The van der Waals surface area contributed by atoms with Crippen LogP contribution in [0.5, 0.6) is 0 Å². The summed E-state index contributed by atoms with van der Waals surface area (Å²) in [5, 5.41) is 6.95. The van der Waals surface area contributed by atoms with Gasteiger partial charge in [-0.2, -0.15) is 18.2 Å². The van der Waals surface area contributed by atoms with Crippen LogP contribution < -0.4 is 5.32 Å². The third-order valence-corrected chi connectivity index (χ3v) is 4.72. The van der Waals surface area contributed by atoms with E-state index in [0.717, 1.165) is 12.1 Å². The Kier molecular flexibility index (Phi) is 4.91. The van der Waals surface area contributed by atoms with Crippen LogP contribution in [-0.4, -0.2) is 34.2 Å². The van der Waals surface area contributed by atoms with Gasteiger partial charge in [0.1, 0.15) is 0 Å². The molecule has 150 valence electrons. The molecule has 10 heteroatoms. The number of halogens is 4. The smallest absolute Gasteiger partial charge is 0.339 e. The average Bonchev–Trinajstić information content (AvgIpc) is 3.09. The first-order valence-electron chi connectivity index (χ1n) is 8.62. The van der Waals surface area contributed by atoms with Crippen molar-refractivity contribution in [3.05, 3.63) is 65.0 Å². The molecule has 29 heavy (non-hydrogen) atoms. The number of amides is 2. The molecule has 0 spiro atoms. The van der Waals surface area contributed by atoms with Gasteiger partial charge in [0, 0.05) is 29.4 Å². The number of hydrogen-bond donors (Lipinski definition) is 1. The van der Waals surface area contributed by atoms with Crippen LogP contribution in [0.2, 0.25) is 5.02 Å². The fraction of sp³-hybridized carbons (Fsp3) is 0.211. The molecule has 0 radical (unpaired) electrons. The topological polar surface area (TPSA) is 71.3 Å². The summed E-state index contributed by atoms with van der Waals surface area (Å²) in [5.74, 6) is 0.653. The molecule has 1 saturated heterocycles. The first-order valence-corrected chi connectivity index (χ1v) is 9.00. The van der Waals surface area contributed by atoms with Crippen LogP contribution in [0.3, 0.4) is 0 Å². The summed E-state index contributed by atoms with van der Waals surface area (Å²) < 4.78 is 43.6. The molecule has 1 aliphatic rings. The van der Waals surface area contributed by atoms with Gasteiger partial charge in [-0.1, -0.05) is 35.0 Å². The van der Waals surface area contributed by atoms with Crippen molar-refractivity contribution in [1.82, 2.24) is 15.0 Å². The minimum Gasteiger partial charge on any atom is -0.339 e. The van der Waals surface area contributed by atoms with Crippen LogP contribution >= 0.6 is 11.6 Å². The van der Waals surface area contributed by atoms with Crippen molar-refractivity contribution in [2.75, 3.05) is 18.4 Å². The largest absolute Gasteiger partial charge is 0.416 e. The van der Waals surface area contributed by atoms with E-state index >= 15 is 0 Å². The Morgan fingerprint density at radius 1 is 1.17 bits per heavy atom. The van der Waals surface area contributed by atoms with Crippen LogP contribution in [0.15, 0.2) is 53.1 Å². The highest BCUT2D eigenvalue weighted by Gasteiger charge is 2.36. The van der Waals surface area contributed by atoms with Crippen LogP contribution in [-0.2, 0) is 6.18 Å². The zero-order valence-corrected chi connectivity index (χ0v) is 15.5. The first kappa shape index (κ1) is 19.3. The highest BCUT2D eigenvalue weighted by atomic mass is 35.5. The highest BCUT2D eigenvalue weighted by Crippen LogP contribution is 2.32. The highest BCUT2D eigenvalue weighted by molar-refractivity contribution is 6.30. The second-order valence-corrected chi connectivity index (χ2v) is 7.01. The predicted molar refractivity (Wildman–Crippen MR) is 99.5 cm³/mol. The van der Waals surface area contributed by atoms with E-state index in [4.69, 9.17) is 16.1 Å². The van der Waals surface area contributed by atoms with Gasteiger partial charge in [-0.25, -0.2) is 4.79 Å². The van der Waals surface area contributed by atoms with Gasteiger partial charge >= 0.3 is 12.2 Å². The number of benzene rings is 2. The summed E-state index contributed by atoms with van der Waals surface area (Å²) in [6, 6.07) is 11.0. The number of carbonyl (C=O) groups is 1. The van der Waals surface area contributed by atoms with Crippen molar-refractivity contribution < 1.29 is 22.5 Å². The molecule has 2 heterocycles. The lowest BCUT2D eigenvalue weighted by Crippen LogP contribution is -2.50. The second kappa shape index (κ2) is 7.40. The molecule has 4 rings (SSSR count). The Morgan fingerprint density at radius 3 is 2.66 bits per heavy atom. The van der Waals surface area contributed by atoms with Gasteiger partial charge in [-0.05, 0) is 30.3 Å². The number of rotatable bonds is 3. The normalized spacial score (nSPS) is 14.6. The maximum atomic E-state index is 12.8. The fourth-order valence-corrected chi connectivity index (χ4v) is 3.11. The molecule has 2 aromatic carbocycles. The van der Waals surface area contributed by atoms with E-state index in [9.17, 15) is 18.0 Å². The van der Waals surface area contributed by atoms with E-state index in [1.165, 1.54) is 17.0 Å². The minimum absolute atomic E-state index is 0.0781. The van der Waals surface area contributed by atoms with E-state index in [1.54, 1.807) is 24.3 Å². The SMILES string of the molecule is O=C(Nc1cccc(C(F)(F)F)c1)N1CC(c2nc(-c3cccc(Cl)c3)no2)C1. The molecule has 1 N–H and O–H groups in total. The summed E-state index contributed by atoms with van der Waals surface area (Å²) in [6.45, 7) is 0.643. The number of likely N-dealkylation sites (tertiary alicyclic amines) is 1. The molecule has 1 aromatic heterocycles. The van der Waals surface area contributed by atoms with Gasteiger partial charge in [-0.3, -0.25) is 0 Å². The van der Waals surface area contributed by atoms with Gasteiger partial charge in [-0.15, -0.1) is 0 Å². The maximum absolute atomic E-state index is 12.8.